The van der Waals surface area contributed by atoms with Crippen LogP contribution in [0, 0.1) is 0 Å². The zero-order valence-corrected chi connectivity index (χ0v) is 13.7. The van der Waals surface area contributed by atoms with Gasteiger partial charge in [0.1, 0.15) is 0 Å². The zero-order chi connectivity index (χ0) is 15.0. The first-order valence-corrected chi connectivity index (χ1v) is 7.45. The molecule has 0 N–H and O–H groups in total. The molecule has 2 heterocycles. The fourth-order valence-electron chi connectivity index (χ4n) is 2.36. The molecule has 0 unspecified atom stereocenters. The van der Waals surface area contributed by atoms with Gasteiger partial charge in [0.05, 0.1) is 0 Å². The first kappa shape index (κ1) is 15.2. The van der Waals surface area contributed by atoms with E-state index in [4.69, 9.17) is 0 Å². The minimum Gasteiger partial charge on any atom is -0.294 e. The molecule has 1 aromatic heterocycles. The maximum Gasteiger partial charge on any atom is 0.154 e. The van der Waals surface area contributed by atoms with E-state index in [0.29, 0.717) is 0 Å². The summed E-state index contributed by atoms with van der Waals surface area (Å²) in [5.74, 6) is 0.895. The summed E-state index contributed by atoms with van der Waals surface area (Å²) >= 11 is 0. The molecule has 0 bridgehead atoms. The minimum atomic E-state index is 0.114. The Hall–Kier alpha value is -1.22. The largest absolute Gasteiger partial charge is 0.294 e. The Labute approximate surface area is 123 Å². The molecule has 0 spiro atoms. The highest BCUT2D eigenvalue weighted by atomic mass is 15.2. The maximum absolute atomic E-state index is 4.56. The Kier molecular flexibility index (Phi) is 4.01. The first-order valence-electron chi connectivity index (χ1n) is 7.45. The molecule has 0 saturated heterocycles. The summed E-state index contributed by atoms with van der Waals surface area (Å²) < 4.78 is 0. The lowest BCUT2D eigenvalue weighted by Gasteiger charge is -2.37. The van der Waals surface area contributed by atoms with E-state index in [9.17, 15) is 0 Å². The van der Waals surface area contributed by atoms with E-state index in [-0.39, 0.29) is 11.0 Å². The van der Waals surface area contributed by atoms with E-state index in [1.807, 2.05) is 12.4 Å². The third kappa shape index (κ3) is 3.45. The Morgan fingerprint density at radius 1 is 1.00 bits per heavy atom. The monoisotopic (exact) mass is 273 g/mol. The van der Waals surface area contributed by atoms with Crippen LogP contribution in [0.5, 0.6) is 0 Å². The van der Waals surface area contributed by atoms with Crippen molar-refractivity contribution in [3.63, 3.8) is 0 Å². The van der Waals surface area contributed by atoms with Crippen molar-refractivity contribution in [1.29, 1.82) is 0 Å². The van der Waals surface area contributed by atoms with Gasteiger partial charge in [0.15, 0.2) is 5.82 Å². The van der Waals surface area contributed by atoms with Crippen LogP contribution in [0.15, 0.2) is 18.5 Å². The van der Waals surface area contributed by atoms with Crippen molar-refractivity contribution < 1.29 is 0 Å². The lowest BCUT2D eigenvalue weighted by Crippen LogP contribution is -2.43. The minimum absolute atomic E-state index is 0.114. The van der Waals surface area contributed by atoms with Crippen LogP contribution in [0.2, 0.25) is 0 Å². The van der Waals surface area contributed by atoms with Gasteiger partial charge >= 0.3 is 0 Å². The van der Waals surface area contributed by atoms with Crippen molar-refractivity contribution in [2.45, 2.75) is 58.9 Å². The quantitative estimate of drug-likeness (QED) is 0.782. The predicted molar refractivity (Wildman–Crippen MR) is 84.7 cm³/mol. The molecule has 1 aliphatic heterocycles. The van der Waals surface area contributed by atoms with Gasteiger partial charge in [0.2, 0.25) is 0 Å². The molecule has 3 nitrogen and oxygen atoms in total. The Bertz CT molecular complexity index is 486. The zero-order valence-electron chi connectivity index (χ0n) is 13.7. The lowest BCUT2D eigenvalue weighted by atomic mass is 9.89. The average Bonchev–Trinajstić information content (AvgIpc) is 2.37. The van der Waals surface area contributed by atoms with Gasteiger partial charge in [0.25, 0.3) is 0 Å². The van der Waals surface area contributed by atoms with Crippen LogP contribution in [0.25, 0.3) is 5.57 Å². The van der Waals surface area contributed by atoms with Crippen LogP contribution < -0.4 is 0 Å². The third-order valence-electron chi connectivity index (χ3n) is 3.96. The molecule has 1 aliphatic rings. The van der Waals surface area contributed by atoms with Crippen LogP contribution >= 0.6 is 0 Å². The molecule has 2 rings (SSSR count). The molecule has 110 valence electrons. The van der Waals surface area contributed by atoms with Crippen molar-refractivity contribution in [3.8, 4) is 0 Å². The second-order valence-corrected chi connectivity index (χ2v) is 7.64. The standard InChI is InChI=1S/C17H27N3/c1-16(2,3)14-11-18-15(19-12-14)13-7-9-20(10-8-13)17(4,5)6/h7,11-12H,8-10H2,1-6H3. The second-order valence-electron chi connectivity index (χ2n) is 7.64. The molecule has 20 heavy (non-hydrogen) atoms. The molecule has 0 radical (unpaired) electrons. The molecule has 0 atom stereocenters. The van der Waals surface area contributed by atoms with E-state index in [1.54, 1.807) is 0 Å². The van der Waals surface area contributed by atoms with Crippen LogP contribution in [0.1, 0.15) is 59.4 Å². The van der Waals surface area contributed by atoms with Gasteiger partial charge in [0, 0.05) is 31.0 Å². The summed E-state index contributed by atoms with van der Waals surface area (Å²) in [5.41, 5.74) is 2.82. The van der Waals surface area contributed by atoms with Gasteiger partial charge in [-0.05, 0) is 43.7 Å². The van der Waals surface area contributed by atoms with Gasteiger partial charge < -0.3 is 0 Å². The van der Waals surface area contributed by atoms with E-state index in [2.05, 4.69) is 62.5 Å². The summed E-state index contributed by atoms with van der Waals surface area (Å²) in [6, 6.07) is 0. The van der Waals surface area contributed by atoms with Crippen LogP contribution in [-0.2, 0) is 5.41 Å². The lowest BCUT2D eigenvalue weighted by molar-refractivity contribution is 0.153. The highest BCUT2D eigenvalue weighted by Crippen LogP contribution is 2.25. The molecular formula is C17H27N3. The smallest absolute Gasteiger partial charge is 0.154 e. The average molecular weight is 273 g/mol. The SMILES string of the molecule is CC(C)(C)c1cnc(C2=CCN(C(C)(C)C)CC2)nc1. The number of nitrogens with zero attached hydrogens (tertiary/aromatic N) is 3. The van der Waals surface area contributed by atoms with E-state index < -0.39 is 0 Å². The van der Waals surface area contributed by atoms with Crippen molar-refractivity contribution in [3.05, 3.63) is 29.9 Å². The molecule has 3 heteroatoms. The van der Waals surface area contributed by atoms with Crippen molar-refractivity contribution in [1.82, 2.24) is 14.9 Å². The molecule has 0 amide bonds. The summed E-state index contributed by atoms with van der Waals surface area (Å²) in [5, 5.41) is 0. The van der Waals surface area contributed by atoms with Gasteiger partial charge in [-0.2, -0.15) is 0 Å². The third-order valence-corrected chi connectivity index (χ3v) is 3.96. The van der Waals surface area contributed by atoms with Gasteiger partial charge in [-0.25, -0.2) is 9.97 Å². The molecule has 0 aliphatic carbocycles. The van der Waals surface area contributed by atoms with E-state index in [1.165, 1.54) is 11.1 Å². The van der Waals surface area contributed by atoms with Gasteiger partial charge in [-0.1, -0.05) is 26.8 Å². The van der Waals surface area contributed by atoms with Crippen molar-refractivity contribution >= 4 is 5.57 Å². The van der Waals surface area contributed by atoms with Crippen LogP contribution in [0.3, 0.4) is 0 Å². The Morgan fingerprint density at radius 3 is 2.00 bits per heavy atom. The van der Waals surface area contributed by atoms with E-state index in [0.717, 1.165) is 25.3 Å². The predicted octanol–water partition coefficient (Wildman–Crippen LogP) is 3.66. The summed E-state index contributed by atoms with van der Waals surface area (Å²) in [6.45, 7) is 15.4. The second kappa shape index (κ2) is 5.28. The van der Waals surface area contributed by atoms with Crippen molar-refractivity contribution in [2.24, 2.45) is 0 Å². The van der Waals surface area contributed by atoms with Gasteiger partial charge in [-0.15, -0.1) is 0 Å². The molecule has 0 aromatic carbocycles. The summed E-state index contributed by atoms with van der Waals surface area (Å²) in [4.78, 5) is 11.6. The molecule has 0 saturated carbocycles. The highest BCUT2D eigenvalue weighted by molar-refractivity contribution is 5.60. The van der Waals surface area contributed by atoms with Gasteiger partial charge in [-0.3, -0.25) is 4.90 Å². The number of aromatic nitrogens is 2. The normalized spacial score (nSPS) is 18.0. The summed E-state index contributed by atoms with van der Waals surface area (Å²) in [7, 11) is 0. The fourth-order valence-corrected chi connectivity index (χ4v) is 2.36. The molecule has 0 fully saturated rings. The first-order chi connectivity index (χ1) is 9.18. The maximum atomic E-state index is 4.56. The summed E-state index contributed by atoms with van der Waals surface area (Å²) in [6.07, 6.45) is 7.26. The topological polar surface area (TPSA) is 29.0 Å². The number of hydrogen-bond donors (Lipinski definition) is 0. The van der Waals surface area contributed by atoms with E-state index >= 15 is 0 Å². The number of rotatable bonds is 1. The Balaban J connectivity index is 2.12. The van der Waals surface area contributed by atoms with Crippen LogP contribution in [0.4, 0.5) is 0 Å². The molecule has 1 aromatic rings. The number of hydrogen-bond acceptors (Lipinski definition) is 3. The van der Waals surface area contributed by atoms with Crippen LogP contribution in [-0.4, -0.2) is 33.5 Å². The van der Waals surface area contributed by atoms with Crippen molar-refractivity contribution in [2.75, 3.05) is 13.1 Å². The highest BCUT2D eigenvalue weighted by Gasteiger charge is 2.24. The fraction of sp³-hybridized carbons (Fsp3) is 0.647. The molecular weight excluding hydrogens is 246 g/mol. The Morgan fingerprint density at radius 2 is 1.60 bits per heavy atom.